The van der Waals surface area contributed by atoms with E-state index in [0.717, 1.165) is 69.8 Å². The van der Waals surface area contributed by atoms with Crippen molar-refractivity contribution in [3.05, 3.63) is 57.6 Å². The molecule has 2 heterocycles. The third-order valence-corrected chi connectivity index (χ3v) is 6.52. The Hall–Kier alpha value is -1.79. The molecule has 7 heteroatoms. The van der Waals surface area contributed by atoms with E-state index in [1.54, 1.807) is 0 Å². The lowest BCUT2D eigenvalue weighted by Crippen LogP contribution is -2.46. The van der Waals surface area contributed by atoms with Gasteiger partial charge in [0.1, 0.15) is 0 Å². The number of benzene rings is 2. The van der Waals surface area contributed by atoms with Crippen LogP contribution in [-0.2, 0) is 22.5 Å². The van der Waals surface area contributed by atoms with Gasteiger partial charge in [0, 0.05) is 38.3 Å². The Morgan fingerprint density at radius 2 is 1.83 bits per heavy atom. The molecule has 5 nitrogen and oxygen atoms in total. The summed E-state index contributed by atoms with van der Waals surface area (Å²) in [6.45, 7) is 4.13. The summed E-state index contributed by atoms with van der Waals surface area (Å²) in [7, 11) is 0. The molecule has 0 radical (unpaired) electrons. The largest absolute Gasteiger partial charge is 0.368 e. The number of rotatable bonds is 7. The van der Waals surface area contributed by atoms with E-state index in [1.165, 1.54) is 11.1 Å². The Morgan fingerprint density at radius 3 is 2.67 bits per heavy atom. The first-order valence-electron chi connectivity index (χ1n) is 10.6. The van der Waals surface area contributed by atoms with Gasteiger partial charge in [-0.3, -0.25) is 9.63 Å². The van der Waals surface area contributed by atoms with Crippen LogP contribution in [0.2, 0.25) is 10.0 Å². The van der Waals surface area contributed by atoms with E-state index in [4.69, 9.17) is 28.0 Å². The highest BCUT2D eigenvalue weighted by Gasteiger charge is 2.20. The minimum Gasteiger partial charge on any atom is -0.368 e. The van der Waals surface area contributed by atoms with E-state index < -0.39 is 0 Å². The van der Waals surface area contributed by atoms with Crippen molar-refractivity contribution in [1.29, 1.82) is 0 Å². The van der Waals surface area contributed by atoms with Crippen LogP contribution in [0.15, 0.2) is 36.4 Å². The van der Waals surface area contributed by atoms with Crippen LogP contribution in [0.1, 0.15) is 30.4 Å². The fraction of sp³-hybridized carbons (Fsp3) is 0.435. The normalized spacial score (nSPS) is 17.0. The van der Waals surface area contributed by atoms with Crippen molar-refractivity contribution in [3.8, 4) is 0 Å². The number of fused-ring (bicyclic) bond motifs is 1. The smallest absolute Gasteiger partial charge is 0.224 e. The molecule has 1 amide bonds. The maximum atomic E-state index is 11.6. The van der Waals surface area contributed by atoms with Crippen molar-refractivity contribution in [2.45, 2.75) is 32.1 Å². The lowest BCUT2D eigenvalue weighted by Gasteiger charge is -2.35. The fourth-order valence-corrected chi connectivity index (χ4v) is 4.41. The second-order valence-corrected chi connectivity index (χ2v) is 8.60. The van der Waals surface area contributed by atoms with Gasteiger partial charge in [-0.15, -0.1) is 0 Å². The Bertz CT molecular complexity index is 898. The Kier molecular flexibility index (Phi) is 7.16. The molecular formula is C23H27Cl2N3O2. The summed E-state index contributed by atoms with van der Waals surface area (Å²) in [4.78, 5) is 19.8. The van der Waals surface area contributed by atoms with Crippen LogP contribution in [0.3, 0.4) is 0 Å². The highest BCUT2D eigenvalue weighted by atomic mass is 35.5. The van der Waals surface area contributed by atoms with Crippen molar-refractivity contribution in [1.82, 2.24) is 5.06 Å². The first-order valence-corrected chi connectivity index (χ1v) is 11.3. The molecule has 1 fully saturated rings. The van der Waals surface area contributed by atoms with Crippen LogP contribution >= 0.6 is 23.2 Å². The van der Waals surface area contributed by atoms with Gasteiger partial charge in [-0.2, -0.15) is 5.06 Å². The van der Waals surface area contributed by atoms with Gasteiger partial charge < -0.3 is 10.2 Å². The van der Waals surface area contributed by atoms with Gasteiger partial charge in [-0.25, -0.2) is 0 Å². The van der Waals surface area contributed by atoms with Crippen LogP contribution < -0.4 is 10.2 Å². The average Bonchev–Trinajstić information content (AvgIpc) is 2.76. The van der Waals surface area contributed by atoms with Crippen LogP contribution in [-0.4, -0.2) is 43.8 Å². The van der Waals surface area contributed by atoms with Gasteiger partial charge in [0.2, 0.25) is 5.91 Å². The number of carbonyl (C=O) groups is 1. The summed E-state index contributed by atoms with van der Waals surface area (Å²) in [5.41, 5.74) is 4.48. The topological polar surface area (TPSA) is 44.8 Å². The predicted octanol–water partition coefficient (Wildman–Crippen LogP) is 4.95. The van der Waals surface area contributed by atoms with Crippen molar-refractivity contribution >= 4 is 40.5 Å². The minimum absolute atomic E-state index is 0.116. The second kappa shape index (κ2) is 10.0. The first kappa shape index (κ1) is 21.4. The van der Waals surface area contributed by atoms with Gasteiger partial charge in [0.25, 0.3) is 0 Å². The van der Waals surface area contributed by atoms with E-state index in [-0.39, 0.29) is 5.91 Å². The van der Waals surface area contributed by atoms with Gasteiger partial charge in [0.15, 0.2) is 0 Å². The van der Waals surface area contributed by atoms with Crippen molar-refractivity contribution in [3.63, 3.8) is 0 Å². The van der Waals surface area contributed by atoms with Crippen LogP contribution in [0.5, 0.6) is 0 Å². The van der Waals surface area contributed by atoms with E-state index in [9.17, 15) is 4.79 Å². The molecule has 1 N–H and O–H groups in total. The number of hydroxylamine groups is 2. The molecule has 0 saturated carbocycles. The summed E-state index contributed by atoms with van der Waals surface area (Å²) < 4.78 is 0. The Labute approximate surface area is 187 Å². The lowest BCUT2D eigenvalue weighted by atomic mass is 9.99. The number of nitrogens with one attached hydrogen (secondary N) is 1. The molecule has 0 bridgehead atoms. The van der Waals surface area contributed by atoms with Gasteiger partial charge >= 0.3 is 0 Å². The molecular weight excluding hydrogens is 421 g/mol. The number of hydrogen-bond donors (Lipinski definition) is 1. The molecule has 4 rings (SSSR count). The zero-order valence-corrected chi connectivity index (χ0v) is 18.5. The molecule has 0 unspecified atom stereocenters. The quantitative estimate of drug-likeness (QED) is 0.609. The number of halogens is 2. The van der Waals surface area contributed by atoms with Crippen LogP contribution in [0, 0.1) is 0 Å². The standard InChI is InChI=1S/C23H27Cl2N3O2/c24-19-5-3-6-21(23(19)25)27-11-13-28(14-12-27)30-15-2-1-4-17-7-8-18-9-10-22(29)26-20(18)16-17/h3,5-8,16H,1-2,4,9-15H2,(H,26,29). The van der Waals surface area contributed by atoms with Crippen LogP contribution in [0.25, 0.3) is 0 Å². The summed E-state index contributed by atoms with van der Waals surface area (Å²) in [6, 6.07) is 12.2. The molecule has 2 aliphatic heterocycles. The number of anilines is 2. The molecule has 0 aromatic heterocycles. The zero-order chi connectivity index (χ0) is 20.9. The Balaban J connectivity index is 1.15. The van der Waals surface area contributed by atoms with E-state index in [1.807, 2.05) is 23.3 Å². The number of amides is 1. The highest BCUT2D eigenvalue weighted by Crippen LogP contribution is 2.33. The molecule has 30 heavy (non-hydrogen) atoms. The summed E-state index contributed by atoms with van der Waals surface area (Å²) in [6.07, 6.45) is 4.48. The Morgan fingerprint density at radius 1 is 1.00 bits per heavy atom. The molecule has 0 spiro atoms. The summed E-state index contributed by atoms with van der Waals surface area (Å²) >= 11 is 12.5. The number of nitrogens with zero attached hydrogens (tertiary/aromatic N) is 2. The fourth-order valence-electron chi connectivity index (χ4n) is 3.99. The molecule has 160 valence electrons. The van der Waals surface area contributed by atoms with Crippen LogP contribution in [0.4, 0.5) is 11.4 Å². The maximum Gasteiger partial charge on any atom is 0.224 e. The number of piperazine rings is 1. The molecule has 0 aliphatic carbocycles. The second-order valence-electron chi connectivity index (χ2n) is 7.82. The lowest BCUT2D eigenvalue weighted by molar-refractivity contribution is -0.162. The minimum atomic E-state index is 0.116. The number of unbranched alkanes of at least 4 members (excludes halogenated alkanes) is 1. The molecule has 2 aromatic rings. The number of aryl methyl sites for hydroxylation is 2. The van der Waals surface area contributed by atoms with Gasteiger partial charge in [-0.05, 0) is 55.0 Å². The molecule has 0 atom stereocenters. The zero-order valence-electron chi connectivity index (χ0n) is 17.0. The van der Waals surface area contributed by atoms with Crippen molar-refractivity contribution < 1.29 is 9.63 Å². The third kappa shape index (κ3) is 5.27. The van der Waals surface area contributed by atoms with Crippen molar-refractivity contribution in [2.75, 3.05) is 43.0 Å². The first-order chi connectivity index (χ1) is 14.6. The van der Waals surface area contributed by atoms with Gasteiger partial charge in [0.05, 0.1) is 22.3 Å². The van der Waals surface area contributed by atoms with E-state index >= 15 is 0 Å². The van der Waals surface area contributed by atoms with E-state index in [2.05, 4.69) is 28.4 Å². The summed E-state index contributed by atoms with van der Waals surface area (Å²) in [5.74, 6) is 0.116. The predicted molar refractivity (Wildman–Crippen MR) is 123 cm³/mol. The SMILES string of the molecule is O=C1CCc2ccc(CCCCON3CCN(c4cccc(Cl)c4Cl)CC3)cc2N1. The number of hydrogen-bond acceptors (Lipinski definition) is 4. The molecule has 2 aliphatic rings. The highest BCUT2D eigenvalue weighted by molar-refractivity contribution is 6.43. The van der Waals surface area contributed by atoms with Gasteiger partial charge in [-0.1, -0.05) is 41.4 Å². The number of carbonyl (C=O) groups excluding carboxylic acids is 1. The van der Waals surface area contributed by atoms with E-state index in [0.29, 0.717) is 16.5 Å². The maximum absolute atomic E-state index is 11.6. The van der Waals surface area contributed by atoms with Crippen molar-refractivity contribution in [2.24, 2.45) is 0 Å². The summed E-state index contributed by atoms with van der Waals surface area (Å²) in [5, 5.41) is 6.23. The average molecular weight is 448 g/mol. The monoisotopic (exact) mass is 447 g/mol. The molecule has 2 aromatic carbocycles. The third-order valence-electron chi connectivity index (χ3n) is 5.71. The molecule has 1 saturated heterocycles.